The van der Waals surface area contributed by atoms with Crippen molar-refractivity contribution in [1.29, 1.82) is 0 Å². The van der Waals surface area contributed by atoms with Crippen molar-refractivity contribution >= 4 is 15.6 Å². The van der Waals surface area contributed by atoms with Gasteiger partial charge in [0.1, 0.15) is 0 Å². The molecule has 9 nitrogen and oxygen atoms in total. The predicted octanol–water partition coefficient (Wildman–Crippen LogP) is -0.814. The van der Waals surface area contributed by atoms with Crippen LogP contribution in [-0.4, -0.2) is 42.6 Å². The Bertz CT molecular complexity index is 166. The summed E-state index contributed by atoms with van der Waals surface area (Å²) in [5.41, 5.74) is 0. The van der Waals surface area contributed by atoms with Gasteiger partial charge in [-0.1, -0.05) is 0 Å². The lowest BCUT2D eigenvalue weighted by Crippen LogP contribution is -1.84. The Labute approximate surface area is 86.8 Å². The minimum Gasteiger partial charge on any atom is -0.382 e. The first kappa shape index (κ1) is 20.6. The lowest BCUT2D eigenvalue weighted by Gasteiger charge is -1.86. The molecule has 0 aliphatic rings. The Balaban J connectivity index is -0.000000144. The van der Waals surface area contributed by atoms with Crippen LogP contribution in [0.2, 0.25) is 0 Å². The van der Waals surface area contributed by atoms with Crippen molar-refractivity contribution in [2.24, 2.45) is 0 Å². The summed E-state index contributed by atoms with van der Waals surface area (Å²) in [4.78, 5) is 43.1. The summed E-state index contributed by atoms with van der Waals surface area (Å²) in [6.45, 7) is 5.67. The van der Waals surface area contributed by atoms with Gasteiger partial charge in [-0.2, -0.15) is 0 Å². The first-order valence-corrected chi connectivity index (χ1v) is 6.69. The number of hydrogen-bond donors (Lipinski definition) is 6. The maximum atomic E-state index is 8.88. The highest BCUT2D eigenvalue weighted by molar-refractivity contribution is 7.45. The molecule has 0 aromatic carbocycles. The van der Waals surface area contributed by atoms with Gasteiger partial charge in [-0.15, -0.1) is 0 Å². The van der Waals surface area contributed by atoms with Crippen molar-refractivity contribution in [1.82, 2.24) is 0 Å². The molecule has 0 amide bonds. The highest BCUT2D eigenvalue weighted by atomic mass is 31.2. The maximum absolute atomic E-state index is 8.88. The zero-order chi connectivity index (χ0) is 13.1. The van der Waals surface area contributed by atoms with E-state index in [1.807, 2.05) is 13.8 Å². The molecule has 0 saturated carbocycles. The quantitative estimate of drug-likeness (QED) is 0.351. The van der Waals surface area contributed by atoms with Gasteiger partial charge in [-0.05, 0) is 13.8 Å². The molecule has 0 bridgehead atoms. The fourth-order valence-electron chi connectivity index (χ4n) is 0.204. The summed E-state index contributed by atoms with van der Waals surface area (Å²) >= 11 is 0. The molecule has 0 atom stereocenters. The average molecular weight is 270 g/mol. The molecule has 96 valence electrons. The van der Waals surface area contributed by atoms with Crippen molar-refractivity contribution in [3.8, 4) is 0 Å². The zero-order valence-electron chi connectivity index (χ0n) is 8.22. The molecule has 0 aliphatic carbocycles. The van der Waals surface area contributed by atoms with Crippen LogP contribution in [0.3, 0.4) is 0 Å². The minimum absolute atomic E-state index is 0.844. The molecule has 15 heavy (non-hydrogen) atoms. The van der Waals surface area contributed by atoms with Gasteiger partial charge in [0, 0.05) is 13.2 Å². The second kappa shape index (κ2) is 10.7. The lowest BCUT2D eigenvalue weighted by atomic mass is 10.8. The van der Waals surface area contributed by atoms with Crippen LogP contribution in [0.1, 0.15) is 13.8 Å². The second-order valence-corrected chi connectivity index (χ2v) is 3.86. The van der Waals surface area contributed by atoms with Crippen LogP contribution < -0.4 is 0 Å². The highest BCUT2D eigenvalue weighted by Gasteiger charge is 2.00. The maximum Gasteiger partial charge on any atom is 0.466 e. The molecule has 0 rings (SSSR count). The standard InChI is InChI=1S/C4H10O.2H3O4P/c1-3-5-4-2;2*1-5(2,3)4/h3-4H2,1-2H3;2*(H3,1,2,3,4). The number of phosphoric acid groups is 2. The smallest absolute Gasteiger partial charge is 0.382 e. The molecule has 0 saturated heterocycles. The van der Waals surface area contributed by atoms with Gasteiger partial charge in [0.15, 0.2) is 0 Å². The molecule has 0 fully saturated rings. The average Bonchev–Trinajstić information content (AvgIpc) is 1.80. The van der Waals surface area contributed by atoms with Gasteiger partial charge in [0.05, 0.1) is 0 Å². The van der Waals surface area contributed by atoms with Gasteiger partial charge in [-0.25, -0.2) is 9.13 Å². The van der Waals surface area contributed by atoms with E-state index in [2.05, 4.69) is 0 Å². The predicted molar refractivity (Wildman–Crippen MR) is 50.7 cm³/mol. The summed E-state index contributed by atoms with van der Waals surface area (Å²) in [5, 5.41) is 0. The molecule has 0 spiro atoms. The summed E-state index contributed by atoms with van der Waals surface area (Å²) in [5.74, 6) is 0. The highest BCUT2D eigenvalue weighted by Crippen LogP contribution is 2.26. The largest absolute Gasteiger partial charge is 0.466 e. The third-order valence-electron chi connectivity index (χ3n) is 0.408. The van der Waals surface area contributed by atoms with E-state index in [1.165, 1.54) is 0 Å². The van der Waals surface area contributed by atoms with Crippen LogP contribution in [0.25, 0.3) is 0 Å². The van der Waals surface area contributed by atoms with Crippen LogP contribution in [0.4, 0.5) is 0 Å². The van der Waals surface area contributed by atoms with Crippen LogP contribution in [0.5, 0.6) is 0 Å². The van der Waals surface area contributed by atoms with E-state index in [0.717, 1.165) is 13.2 Å². The normalized spacial score (nSPS) is 10.7. The van der Waals surface area contributed by atoms with E-state index in [9.17, 15) is 0 Å². The fourth-order valence-corrected chi connectivity index (χ4v) is 0.204. The van der Waals surface area contributed by atoms with E-state index in [4.69, 9.17) is 43.2 Å². The summed E-state index contributed by atoms with van der Waals surface area (Å²) in [6, 6.07) is 0. The van der Waals surface area contributed by atoms with Gasteiger partial charge in [-0.3, -0.25) is 0 Å². The number of hydrogen-bond acceptors (Lipinski definition) is 3. The van der Waals surface area contributed by atoms with E-state index < -0.39 is 15.6 Å². The Kier molecular flexibility index (Phi) is 14.7. The molecule has 0 radical (unpaired) electrons. The van der Waals surface area contributed by atoms with E-state index in [0.29, 0.717) is 0 Å². The Morgan fingerprint density at radius 1 is 0.800 bits per heavy atom. The van der Waals surface area contributed by atoms with Gasteiger partial charge >= 0.3 is 15.6 Å². The SMILES string of the molecule is CCOCC.O=P(O)(O)O.O=P(O)(O)O. The molecular weight excluding hydrogens is 254 g/mol. The van der Waals surface area contributed by atoms with E-state index in [-0.39, 0.29) is 0 Å². The molecule has 0 aromatic rings. The lowest BCUT2D eigenvalue weighted by molar-refractivity contribution is 0.162. The van der Waals surface area contributed by atoms with Crippen molar-refractivity contribution in [2.45, 2.75) is 13.8 Å². The molecule has 0 heterocycles. The van der Waals surface area contributed by atoms with Crippen LogP contribution in [0, 0.1) is 0 Å². The van der Waals surface area contributed by atoms with Gasteiger partial charge < -0.3 is 34.1 Å². The van der Waals surface area contributed by atoms with E-state index >= 15 is 0 Å². The molecule has 11 heteroatoms. The Morgan fingerprint density at radius 3 is 0.933 bits per heavy atom. The van der Waals surface area contributed by atoms with Gasteiger partial charge in [0.25, 0.3) is 0 Å². The Morgan fingerprint density at radius 2 is 0.933 bits per heavy atom. The summed E-state index contributed by atoms with van der Waals surface area (Å²) < 4.78 is 22.6. The Hall–Kier alpha value is 0.180. The second-order valence-electron chi connectivity index (χ2n) is 1.81. The van der Waals surface area contributed by atoms with Crippen molar-refractivity contribution in [3.63, 3.8) is 0 Å². The monoisotopic (exact) mass is 270 g/mol. The van der Waals surface area contributed by atoms with E-state index in [1.54, 1.807) is 0 Å². The third kappa shape index (κ3) is 443. The number of rotatable bonds is 2. The van der Waals surface area contributed by atoms with Crippen LogP contribution >= 0.6 is 15.6 Å². The minimum atomic E-state index is -4.64. The van der Waals surface area contributed by atoms with Crippen LogP contribution in [-0.2, 0) is 13.9 Å². The zero-order valence-corrected chi connectivity index (χ0v) is 10.0. The molecule has 0 aromatic heterocycles. The summed E-state index contributed by atoms with van der Waals surface area (Å²) in [6.07, 6.45) is 0. The molecule has 0 unspecified atom stereocenters. The topological polar surface area (TPSA) is 165 Å². The molecular formula is C4H16O9P2. The van der Waals surface area contributed by atoms with Crippen molar-refractivity contribution in [3.05, 3.63) is 0 Å². The van der Waals surface area contributed by atoms with Gasteiger partial charge in [0.2, 0.25) is 0 Å². The first-order valence-electron chi connectivity index (χ1n) is 3.56. The first-order chi connectivity index (χ1) is 6.41. The van der Waals surface area contributed by atoms with Crippen LogP contribution in [0.15, 0.2) is 0 Å². The van der Waals surface area contributed by atoms with Crippen molar-refractivity contribution in [2.75, 3.05) is 13.2 Å². The molecule has 0 aliphatic heterocycles. The summed E-state index contributed by atoms with van der Waals surface area (Å²) in [7, 11) is -9.28. The fraction of sp³-hybridized carbons (Fsp3) is 1.00. The molecule has 6 N–H and O–H groups in total. The third-order valence-corrected chi connectivity index (χ3v) is 0.408. The van der Waals surface area contributed by atoms with Crippen molar-refractivity contribution < 1.29 is 43.2 Å². The number of ether oxygens (including phenoxy) is 1.